The van der Waals surface area contributed by atoms with Crippen LogP contribution in [0.5, 0.6) is 0 Å². The zero-order valence-electron chi connectivity index (χ0n) is 32.0. The number of hydrogen-bond donors (Lipinski definition) is 0. The molecule has 8 aromatic carbocycles. The van der Waals surface area contributed by atoms with Crippen molar-refractivity contribution in [2.75, 3.05) is 0 Å². The van der Waals surface area contributed by atoms with E-state index in [0.29, 0.717) is 17.5 Å². The summed E-state index contributed by atoms with van der Waals surface area (Å²) in [6.07, 6.45) is 0. The zero-order chi connectivity index (χ0) is 39.3. The SMILES string of the molecule is c1ccc(-c2cccc(-c3nc(-c4ccc5c6c7cccc8c7n(c6n(-c6ccccc6)c5c4)-c4ccccc4S8)nc(-c4cccc5c4sc4ccccc45)n3)c2)cc1. The first-order valence-electron chi connectivity index (χ1n) is 20.0. The summed E-state index contributed by atoms with van der Waals surface area (Å²) in [6.45, 7) is 0. The maximum Gasteiger partial charge on any atom is 0.165 e. The Morgan fingerprint density at radius 2 is 1.07 bits per heavy atom. The lowest BCUT2D eigenvalue weighted by Crippen LogP contribution is -2.05. The second kappa shape index (κ2) is 13.1. The average molecular weight is 802 g/mol. The van der Waals surface area contributed by atoms with Crippen LogP contribution in [0.1, 0.15) is 0 Å². The van der Waals surface area contributed by atoms with Crippen molar-refractivity contribution < 1.29 is 0 Å². The molecule has 0 aliphatic carbocycles. The van der Waals surface area contributed by atoms with Crippen LogP contribution >= 0.6 is 23.1 Å². The summed E-state index contributed by atoms with van der Waals surface area (Å²) in [5.74, 6) is 1.92. The Hall–Kier alpha value is -7.32. The van der Waals surface area contributed by atoms with Crippen molar-refractivity contribution in [2.45, 2.75) is 9.79 Å². The molecular formula is C53H31N5S2. The van der Waals surface area contributed by atoms with Gasteiger partial charge in [0.1, 0.15) is 5.65 Å². The lowest BCUT2D eigenvalue weighted by atomic mass is 10.0. The van der Waals surface area contributed by atoms with E-state index in [1.54, 1.807) is 11.3 Å². The van der Waals surface area contributed by atoms with Crippen LogP contribution in [0.3, 0.4) is 0 Å². The quantitative estimate of drug-likeness (QED) is 0.174. The number of aromatic nitrogens is 5. The Labute approximate surface area is 352 Å². The number of thiophene rings is 1. The molecule has 0 atom stereocenters. The Morgan fingerprint density at radius 3 is 1.95 bits per heavy atom. The molecule has 13 rings (SSSR count). The zero-order valence-corrected chi connectivity index (χ0v) is 33.6. The van der Waals surface area contributed by atoms with E-state index in [9.17, 15) is 0 Å². The Balaban J connectivity index is 1.09. The standard InChI is InChI=1S/C53H31N5S2/c1-3-14-32(15-4-1)33-16-11-17-34(30-33)50-54-51(56-52(55-50)41-23-12-21-38-37-20-7-9-25-44(37)60-49(38)41)35-28-29-39-43(31-35)57(36-18-5-2-6-19-36)53-47(39)40-22-13-27-46-48(40)58(53)42-24-8-10-26-45(42)59-46/h1-31H. The number of fused-ring (bicyclic) bond motifs is 10. The summed E-state index contributed by atoms with van der Waals surface area (Å²) in [4.78, 5) is 18.4. The summed E-state index contributed by atoms with van der Waals surface area (Å²) in [6, 6.07) is 67.0. The monoisotopic (exact) mass is 801 g/mol. The van der Waals surface area contributed by atoms with Crippen LogP contribution in [-0.4, -0.2) is 24.1 Å². The molecule has 0 unspecified atom stereocenters. The number of rotatable bonds is 5. The molecule has 280 valence electrons. The molecule has 4 aromatic heterocycles. The van der Waals surface area contributed by atoms with E-state index in [2.05, 4.69) is 191 Å². The molecule has 0 amide bonds. The summed E-state index contributed by atoms with van der Waals surface area (Å²) < 4.78 is 7.31. The molecule has 0 saturated carbocycles. The highest BCUT2D eigenvalue weighted by atomic mass is 32.2. The fourth-order valence-electron chi connectivity index (χ4n) is 9.10. The molecule has 0 saturated heterocycles. The minimum atomic E-state index is 0.628. The molecule has 7 heteroatoms. The molecule has 1 aliphatic heterocycles. The van der Waals surface area contributed by atoms with E-state index in [1.807, 2.05) is 17.8 Å². The molecule has 60 heavy (non-hydrogen) atoms. The predicted molar refractivity (Wildman–Crippen MR) is 250 cm³/mol. The summed E-state index contributed by atoms with van der Waals surface area (Å²) in [5.41, 5.74) is 10.9. The van der Waals surface area contributed by atoms with Gasteiger partial charge in [-0.15, -0.1) is 11.3 Å². The van der Waals surface area contributed by atoms with Gasteiger partial charge in [-0.2, -0.15) is 0 Å². The van der Waals surface area contributed by atoms with Crippen molar-refractivity contribution >= 4 is 76.1 Å². The molecule has 0 N–H and O–H groups in total. The predicted octanol–water partition coefficient (Wildman–Crippen LogP) is 14.4. The van der Waals surface area contributed by atoms with Gasteiger partial charge in [0.2, 0.25) is 0 Å². The van der Waals surface area contributed by atoms with Crippen LogP contribution in [-0.2, 0) is 0 Å². The average Bonchev–Trinajstić information content (AvgIpc) is 3.98. The lowest BCUT2D eigenvalue weighted by Gasteiger charge is -2.21. The first kappa shape index (κ1) is 33.6. The normalized spacial score (nSPS) is 12.3. The van der Waals surface area contributed by atoms with Gasteiger partial charge in [0.05, 0.1) is 16.7 Å². The minimum Gasteiger partial charge on any atom is -0.295 e. The minimum absolute atomic E-state index is 0.628. The number of benzene rings is 8. The second-order valence-electron chi connectivity index (χ2n) is 15.2. The Kier molecular flexibility index (Phi) is 7.34. The fraction of sp³-hybridized carbons (Fsp3) is 0. The molecule has 5 nitrogen and oxygen atoms in total. The van der Waals surface area contributed by atoms with E-state index in [1.165, 1.54) is 57.3 Å². The molecule has 5 heterocycles. The number of hydrogen-bond acceptors (Lipinski definition) is 5. The fourth-order valence-corrected chi connectivity index (χ4v) is 11.4. The van der Waals surface area contributed by atoms with Crippen LogP contribution in [0.2, 0.25) is 0 Å². The van der Waals surface area contributed by atoms with Crippen LogP contribution in [0.15, 0.2) is 198 Å². The van der Waals surface area contributed by atoms with Crippen molar-refractivity contribution in [3.05, 3.63) is 188 Å². The van der Waals surface area contributed by atoms with Gasteiger partial charge in [0, 0.05) is 68.5 Å². The van der Waals surface area contributed by atoms with Gasteiger partial charge in [0.25, 0.3) is 0 Å². The summed E-state index contributed by atoms with van der Waals surface area (Å²) in [5, 5.41) is 6.12. The van der Waals surface area contributed by atoms with Crippen molar-refractivity contribution in [2.24, 2.45) is 0 Å². The Bertz CT molecular complexity index is 3690. The first-order valence-corrected chi connectivity index (χ1v) is 21.7. The second-order valence-corrected chi connectivity index (χ2v) is 17.3. The van der Waals surface area contributed by atoms with E-state index in [4.69, 9.17) is 15.0 Å². The van der Waals surface area contributed by atoms with Gasteiger partial charge < -0.3 is 0 Å². The van der Waals surface area contributed by atoms with Gasteiger partial charge >= 0.3 is 0 Å². The lowest BCUT2D eigenvalue weighted by molar-refractivity contribution is 1.03. The van der Waals surface area contributed by atoms with Gasteiger partial charge in [-0.1, -0.05) is 145 Å². The van der Waals surface area contributed by atoms with Crippen molar-refractivity contribution in [1.82, 2.24) is 24.1 Å². The maximum absolute atomic E-state index is 5.35. The highest BCUT2D eigenvalue weighted by Crippen LogP contribution is 2.50. The smallest absolute Gasteiger partial charge is 0.165 e. The molecule has 12 aromatic rings. The third-order valence-corrected chi connectivity index (χ3v) is 14.1. The number of nitrogens with zero attached hydrogens (tertiary/aromatic N) is 5. The molecule has 1 aliphatic rings. The van der Waals surface area contributed by atoms with E-state index < -0.39 is 0 Å². The van der Waals surface area contributed by atoms with Crippen molar-refractivity contribution in [1.29, 1.82) is 0 Å². The van der Waals surface area contributed by atoms with Crippen LogP contribution < -0.4 is 0 Å². The summed E-state index contributed by atoms with van der Waals surface area (Å²) >= 11 is 3.64. The van der Waals surface area contributed by atoms with Gasteiger partial charge in [-0.25, -0.2) is 15.0 Å². The van der Waals surface area contributed by atoms with Crippen LogP contribution in [0, 0.1) is 0 Å². The van der Waals surface area contributed by atoms with Gasteiger partial charge in [0.15, 0.2) is 17.5 Å². The topological polar surface area (TPSA) is 48.5 Å². The third kappa shape index (κ3) is 5.03. The van der Waals surface area contributed by atoms with Crippen molar-refractivity contribution in [3.8, 4) is 56.7 Å². The number of para-hydroxylation sites is 3. The van der Waals surface area contributed by atoms with Crippen molar-refractivity contribution in [3.63, 3.8) is 0 Å². The first-order chi connectivity index (χ1) is 29.7. The molecule has 0 fully saturated rings. The highest BCUT2D eigenvalue weighted by molar-refractivity contribution is 7.99. The third-order valence-electron chi connectivity index (χ3n) is 11.8. The molecular weight excluding hydrogens is 771 g/mol. The Morgan fingerprint density at radius 1 is 0.417 bits per heavy atom. The van der Waals surface area contributed by atoms with Crippen LogP contribution in [0.4, 0.5) is 0 Å². The van der Waals surface area contributed by atoms with Gasteiger partial charge in [-0.05, 0) is 65.7 Å². The molecule has 0 bridgehead atoms. The highest BCUT2D eigenvalue weighted by Gasteiger charge is 2.28. The van der Waals surface area contributed by atoms with Gasteiger partial charge in [-0.3, -0.25) is 9.13 Å². The van der Waals surface area contributed by atoms with E-state index in [0.717, 1.165) is 44.7 Å². The molecule has 0 radical (unpaired) electrons. The van der Waals surface area contributed by atoms with E-state index >= 15 is 0 Å². The largest absolute Gasteiger partial charge is 0.295 e. The molecule has 0 spiro atoms. The summed E-state index contributed by atoms with van der Waals surface area (Å²) in [7, 11) is 0. The van der Waals surface area contributed by atoms with E-state index in [-0.39, 0.29) is 0 Å². The maximum atomic E-state index is 5.35. The van der Waals surface area contributed by atoms with Crippen LogP contribution in [0.25, 0.3) is 110 Å².